The molecule has 42 heavy (non-hydrogen) atoms. The second-order valence-electron chi connectivity index (χ2n) is 10.7. The van der Waals surface area contributed by atoms with Gasteiger partial charge in [-0.2, -0.15) is 0 Å². The van der Waals surface area contributed by atoms with Crippen LogP contribution in [0.4, 0.5) is 5.69 Å². The summed E-state index contributed by atoms with van der Waals surface area (Å²) >= 11 is 0. The number of nitrogens with zero attached hydrogens (tertiary/aromatic N) is 1. The van der Waals surface area contributed by atoms with Crippen molar-refractivity contribution in [3.05, 3.63) is 83.4 Å². The third-order valence-electron chi connectivity index (χ3n) is 7.63. The molecule has 0 aromatic heterocycles. The summed E-state index contributed by atoms with van der Waals surface area (Å²) in [7, 11) is -1.45. The number of amides is 2. The minimum Gasteiger partial charge on any atom is -0.484 e. The lowest BCUT2D eigenvalue weighted by molar-refractivity contribution is -0.120. The molecule has 0 atom stereocenters. The quantitative estimate of drug-likeness (QED) is 0.386. The van der Waals surface area contributed by atoms with Gasteiger partial charge in [-0.15, -0.1) is 0 Å². The van der Waals surface area contributed by atoms with E-state index in [1.807, 2.05) is 36.4 Å². The largest absolute Gasteiger partial charge is 0.484 e. The molecular weight excluding hydrogens is 554 g/mol. The molecule has 2 heterocycles. The Morgan fingerprint density at radius 3 is 2.38 bits per heavy atom. The molecule has 1 saturated heterocycles. The number of anilines is 1. The average Bonchev–Trinajstić information content (AvgIpc) is 3.13. The molecule has 220 valence electrons. The fourth-order valence-corrected chi connectivity index (χ4v) is 6.72. The van der Waals surface area contributed by atoms with Gasteiger partial charge < -0.3 is 20.5 Å². The van der Waals surface area contributed by atoms with Gasteiger partial charge in [-0.25, -0.2) is 8.42 Å². The highest BCUT2D eigenvalue weighted by Gasteiger charge is 2.25. The van der Waals surface area contributed by atoms with Crippen LogP contribution >= 0.6 is 0 Å². The normalized spacial score (nSPS) is 16.7. The van der Waals surface area contributed by atoms with Crippen molar-refractivity contribution < 1.29 is 27.5 Å². The average molecular weight is 590 g/mol. The number of benzene rings is 3. The molecular formula is C32H35N3O6S. The number of hydrogen-bond acceptors (Lipinski definition) is 7. The second-order valence-corrected chi connectivity index (χ2v) is 12.8. The Balaban J connectivity index is 1.30. The third-order valence-corrected chi connectivity index (χ3v) is 9.42. The molecule has 0 radical (unpaired) electrons. The molecule has 0 bridgehead atoms. The van der Waals surface area contributed by atoms with E-state index in [1.165, 1.54) is 0 Å². The predicted octanol–water partition coefficient (Wildman–Crippen LogP) is 4.03. The number of nitrogens with two attached hydrogens (primary N) is 1. The summed E-state index contributed by atoms with van der Waals surface area (Å²) in [6.45, 7) is 2.18. The van der Waals surface area contributed by atoms with Crippen LogP contribution in [0.2, 0.25) is 0 Å². The number of carbonyl (C=O) groups excluding carboxylic acids is 2. The monoisotopic (exact) mass is 589 g/mol. The van der Waals surface area contributed by atoms with Crippen LogP contribution in [0.5, 0.6) is 5.75 Å². The first-order valence-corrected chi connectivity index (χ1v) is 15.6. The summed E-state index contributed by atoms with van der Waals surface area (Å²) in [6.07, 6.45) is 3.83. The van der Waals surface area contributed by atoms with Gasteiger partial charge in [0.15, 0.2) is 16.4 Å². The van der Waals surface area contributed by atoms with Gasteiger partial charge in [-0.1, -0.05) is 30.3 Å². The molecule has 3 N–H and O–H groups in total. The van der Waals surface area contributed by atoms with E-state index in [2.05, 4.69) is 17.3 Å². The van der Waals surface area contributed by atoms with Crippen molar-refractivity contribution in [3.63, 3.8) is 0 Å². The van der Waals surface area contributed by atoms with Crippen LogP contribution in [0.1, 0.15) is 30.4 Å². The Morgan fingerprint density at radius 1 is 1.00 bits per heavy atom. The van der Waals surface area contributed by atoms with E-state index < -0.39 is 15.7 Å². The summed E-state index contributed by atoms with van der Waals surface area (Å²) in [6, 6.07) is 20.4. The number of sulfone groups is 1. The highest BCUT2D eigenvalue weighted by molar-refractivity contribution is 7.91. The molecule has 3 aromatic carbocycles. The summed E-state index contributed by atoms with van der Waals surface area (Å²) in [4.78, 5) is 26.8. The SMILES string of the molecule is CN(Cc1ccc(NC(=O)C2=Cc3cc(-c4ccc(OCC(N)=O)cc4)ccc3S(=O)(=O)CC2)cc1)C1CCOCC1. The van der Waals surface area contributed by atoms with Crippen molar-refractivity contribution in [2.75, 3.05) is 37.9 Å². The molecule has 5 rings (SSSR count). The first-order chi connectivity index (χ1) is 20.2. The Morgan fingerprint density at radius 2 is 1.69 bits per heavy atom. The number of fused-ring (bicyclic) bond motifs is 1. The standard InChI is InChI=1S/C32H35N3O6S/c1-35(28-12-15-40-16-13-28)20-22-2-7-27(8-3-22)34-32(37)25-14-17-42(38,39)30-11-6-24(18-26(30)19-25)23-4-9-29(10-5-23)41-21-31(33)36/h2-11,18-19,28H,12-17,20-21H2,1H3,(H2,33,36)(H,34,37). The minimum atomic E-state index is -3.57. The lowest BCUT2D eigenvalue weighted by atomic mass is 10.0. The summed E-state index contributed by atoms with van der Waals surface area (Å²) in [5, 5.41) is 2.93. The van der Waals surface area contributed by atoms with Crippen LogP contribution in [0.3, 0.4) is 0 Å². The van der Waals surface area contributed by atoms with Crippen molar-refractivity contribution in [2.24, 2.45) is 5.73 Å². The smallest absolute Gasteiger partial charge is 0.255 e. The van der Waals surface area contributed by atoms with Gasteiger partial charge >= 0.3 is 0 Å². The highest BCUT2D eigenvalue weighted by atomic mass is 32.2. The molecule has 10 heteroatoms. The van der Waals surface area contributed by atoms with Crippen LogP contribution in [0, 0.1) is 0 Å². The van der Waals surface area contributed by atoms with Gasteiger partial charge in [0.2, 0.25) is 0 Å². The zero-order valence-corrected chi connectivity index (χ0v) is 24.4. The Hall–Kier alpha value is -3.99. The molecule has 0 aliphatic carbocycles. The molecule has 1 fully saturated rings. The van der Waals surface area contributed by atoms with Crippen LogP contribution in [-0.4, -0.2) is 63.8 Å². The zero-order valence-electron chi connectivity index (χ0n) is 23.5. The highest BCUT2D eigenvalue weighted by Crippen LogP contribution is 2.32. The number of nitrogens with one attached hydrogen (secondary N) is 1. The molecule has 3 aromatic rings. The van der Waals surface area contributed by atoms with E-state index in [0.29, 0.717) is 28.6 Å². The van der Waals surface area contributed by atoms with Crippen molar-refractivity contribution in [1.82, 2.24) is 4.90 Å². The Kier molecular flexibility index (Phi) is 9.06. The van der Waals surface area contributed by atoms with Crippen LogP contribution in [0.15, 0.2) is 77.2 Å². The molecule has 2 amide bonds. The topological polar surface area (TPSA) is 128 Å². The van der Waals surface area contributed by atoms with Crippen molar-refractivity contribution in [2.45, 2.75) is 36.7 Å². The molecule has 0 unspecified atom stereocenters. The van der Waals surface area contributed by atoms with Crippen LogP contribution in [0.25, 0.3) is 17.2 Å². The number of rotatable bonds is 9. The molecule has 0 saturated carbocycles. The molecule has 0 spiro atoms. The van der Waals surface area contributed by atoms with Gasteiger partial charge in [-0.3, -0.25) is 14.5 Å². The molecule has 2 aliphatic heterocycles. The van der Waals surface area contributed by atoms with E-state index in [0.717, 1.165) is 49.3 Å². The second kappa shape index (κ2) is 12.9. The van der Waals surface area contributed by atoms with Crippen molar-refractivity contribution in [3.8, 4) is 16.9 Å². The fraction of sp³-hybridized carbons (Fsp3) is 0.312. The lowest BCUT2D eigenvalue weighted by Crippen LogP contribution is -2.36. The molecule has 2 aliphatic rings. The fourth-order valence-electron chi connectivity index (χ4n) is 5.26. The molecule has 9 nitrogen and oxygen atoms in total. The van der Waals surface area contributed by atoms with Crippen LogP contribution in [-0.2, 0) is 30.7 Å². The zero-order chi connectivity index (χ0) is 29.7. The number of hydrogen-bond donors (Lipinski definition) is 2. The first kappa shape index (κ1) is 29.5. The van der Waals surface area contributed by atoms with Crippen LogP contribution < -0.4 is 15.8 Å². The van der Waals surface area contributed by atoms with Gasteiger partial charge in [0.25, 0.3) is 11.8 Å². The van der Waals surface area contributed by atoms with E-state index in [1.54, 1.807) is 36.4 Å². The van der Waals surface area contributed by atoms with Gasteiger partial charge in [-0.05, 0) is 91.0 Å². The maximum atomic E-state index is 13.3. The minimum absolute atomic E-state index is 0.109. The van der Waals surface area contributed by atoms with E-state index in [9.17, 15) is 18.0 Å². The first-order valence-electron chi connectivity index (χ1n) is 14.0. The number of carbonyl (C=O) groups is 2. The van der Waals surface area contributed by atoms with E-state index in [4.69, 9.17) is 15.2 Å². The Labute approximate surface area is 246 Å². The number of ether oxygens (including phenoxy) is 2. The van der Waals surface area contributed by atoms with Crippen molar-refractivity contribution >= 4 is 33.4 Å². The van der Waals surface area contributed by atoms with E-state index >= 15 is 0 Å². The van der Waals surface area contributed by atoms with Gasteiger partial charge in [0.1, 0.15) is 5.75 Å². The summed E-state index contributed by atoms with van der Waals surface area (Å²) < 4.78 is 36.9. The number of primary amides is 1. The van der Waals surface area contributed by atoms with Gasteiger partial charge in [0, 0.05) is 37.1 Å². The maximum Gasteiger partial charge on any atom is 0.255 e. The predicted molar refractivity (Wildman–Crippen MR) is 162 cm³/mol. The maximum absolute atomic E-state index is 13.3. The van der Waals surface area contributed by atoms with E-state index in [-0.39, 0.29) is 29.6 Å². The van der Waals surface area contributed by atoms with Gasteiger partial charge in [0.05, 0.1) is 10.6 Å². The third kappa shape index (κ3) is 7.25. The van der Waals surface area contributed by atoms with Crippen molar-refractivity contribution in [1.29, 1.82) is 0 Å². The summed E-state index contributed by atoms with van der Waals surface area (Å²) in [5.41, 5.74) is 9.40. The lowest BCUT2D eigenvalue weighted by Gasteiger charge is -2.31. The Bertz CT molecular complexity index is 1580. The summed E-state index contributed by atoms with van der Waals surface area (Å²) in [5.74, 6) is -0.551.